The van der Waals surface area contributed by atoms with Crippen molar-refractivity contribution in [3.8, 4) is 0 Å². The fourth-order valence-corrected chi connectivity index (χ4v) is 4.53. The van der Waals surface area contributed by atoms with Crippen LogP contribution >= 0.6 is 0 Å². The Hall–Kier alpha value is -9.78. The molecule has 454 valence electrons. The molecule has 0 radical (unpaired) electrons. The number of nitrogens with two attached hydrogens (primary N) is 2. The molecule has 0 fully saturated rings. The Balaban J connectivity index is -0.000000246. The normalized spacial score (nSPS) is 13.6. The lowest BCUT2D eigenvalue weighted by Gasteiger charge is -2.21. The van der Waals surface area contributed by atoms with E-state index in [9.17, 15) is 52.7 Å². The Morgan fingerprint density at radius 1 is 0.524 bits per heavy atom. The summed E-state index contributed by atoms with van der Waals surface area (Å²) in [5.74, 6) is -5.09. The quantitative estimate of drug-likeness (QED) is 0.00514. The van der Waals surface area contributed by atoms with Gasteiger partial charge in [0, 0.05) is 41.0 Å². The Labute approximate surface area is 475 Å². The van der Waals surface area contributed by atoms with Crippen LogP contribution < -0.4 is 32.7 Å². The SMILES string of the molecule is C.C=CC(N)=O.C=CNC=O.[C-]#[N+]C(C)(CCC(=O)OCCNC=O)C(C)C(N)=O.[C-]#[N+]C(C)(CCC(=O)OCCNC=O)N=NC(C)(CCC(=O)OCCNC=O)[N+]#[C-].[C-]#[N+]C(C)(CCC(=O)OO)N=NC(C)(CCC(=O)OO)[N+]#[C-]. The van der Waals surface area contributed by atoms with Crippen molar-refractivity contribution in [2.24, 2.45) is 37.8 Å². The van der Waals surface area contributed by atoms with E-state index >= 15 is 0 Å². The molecule has 0 bridgehead atoms. The van der Waals surface area contributed by atoms with E-state index in [1.165, 1.54) is 33.9 Å². The summed E-state index contributed by atoms with van der Waals surface area (Å²) in [4.78, 5) is 140. The van der Waals surface area contributed by atoms with Crippen molar-refractivity contribution in [1.82, 2.24) is 21.3 Å². The molecule has 0 saturated heterocycles. The van der Waals surface area contributed by atoms with Gasteiger partial charge in [-0.15, -0.1) is 0 Å². The largest absolute Gasteiger partial charge is 0.464 e. The van der Waals surface area contributed by atoms with E-state index < -0.39 is 75.8 Å². The van der Waals surface area contributed by atoms with E-state index in [4.69, 9.17) is 63.3 Å². The minimum atomic E-state index is -1.41. The third-order valence-electron chi connectivity index (χ3n) is 9.96. The number of primary amides is 2. The summed E-state index contributed by atoms with van der Waals surface area (Å²) in [7, 11) is 0. The van der Waals surface area contributed by atoms with Crippen molar-refractivity contribution < 1.29 is 87.2 Å². The summed E-state index contributed by atoms with van der Waals surface area (Å²) in [6.45, 7) is 51.9. The Bertz CT molecular complexity index is 2210. The van der Waals surface area contributed by atoms with Crippen LogP contribution in [0, 0.1) is 38.8 Å². The zero-order chi connectivity index (χ0) is 63.4. The molecule has 33 nitrogen and oxygen atoms in total. The van der Waals surface area contributed by atoms with Crippen molar-refractivity contribution in [2.75, 3.05) is 39.5 Å². The van der Waals surface area contributed by atoms with Crippen LogP contribution in [0.5, 0.6) is 0 Å². The maximum atomic E-state index is 11.7. The van der Waals surface area contributed by atoms with Crippen molar-refractivity contribution in [2.45, 2.75) is 141 Å². The van der Waals surface area contributed by atoms with Crippen molar-refractivity contribution >= 4 is 67.3 Å². The highest BCUT2D eigenvalue weighted by atomic mass is 17.1. The first-order chi connectivity index (χ1) is 38.0. The standard InChI is InChI=1S/C18H26N6O6.C12H16N4O6.C12H19N3O4.2C3H5NO.CH4/c1-17(19-3,7-5-15(27)29-11-9-21-13-25)23-24-18(2,20-4)8-6-16(28)30-12-10-22-14-26;1-11(13-3,7-5-9(17)21-19)15-16-12(2,14-4)8-6-10(18)22-20;1-9(11(13)18)12(2,14-3)5-4-10(17)19-7-6-15-8-16;1-2-4-3-5;1-2-3(4)5;/h13-14H,5-12H2,1-2H3,(H,21,25)(H,22,26);19-20H,5-8H2,1-2H3;8-9H,4-7H2,1-2H3,(H2,13,18)(H,15,16);2-3H,1H2,(H,4,5);2H,1H2,(H2,4,5);1H4. The Morgan fingerprint density at radius 2 is 0.793 bits per heavy atom. The van der Waals surface area contributed by atoms with E-state index in [2.05, 4.69) is 94.6 Å². The molecule has 0 aromatic carbocycles. The lowest BCUT2D eigenvalue weighted by molar-refractivity contribution is -0.234. The topological polar surface area (TPSA) is 446 Å². The third-order valence-corrected chi connectivity index (χ3v) is 9.96. The molecule has 82 heavy (non-hydrogen) atoms. The lowest BCUT2D eigenvalue weighted by Crippen LogP contribution is -2.39. The van der Waals surface area contributed by atoms with Gasteiger partial charge in [0.2, 0.25) is 43.0 Å². The van der Waals surface area contributed by atoms with E-state index in [-0.39, 0.29) is 111 Å². The number of ether oxygens (including phenoxy) is 3. The first-order valence-corrected chi connectivity index (χ1v) is 23.5. The van der Waals surface area contributed by atoms with Crippen LogP contribution in [0.1, 0.15) is 113 Å². The molecule has 0 heterocycles. The number of carbonyl (C=O) groups excluding carboxylic acids is 11. The summed E-state index contributed by atoms with van der Waals surface area (Å²) in [5.41, 5.74) is 3.16. The lowest BCUT2D eigenvalue weighted by atomic mass is 9.83. The van der Waals surface area contributed by atoms with Gasteiger partial charge in [-0.05, 0) is 19.2 Å². The van der Waals surface area contributed by atoms with Gasteiger partial charge in [-0.25, -0.2) is 42.4 Å². The van der Waals surface area contributed by atoms with Crippen molar-refractivity contribution in [3.63, 3.8) is 0 Å². The molecule has 6 atom stereocenters. The van der Waals surface area contributed by atoms with Gasteiger partial charge in [-0.1, -0.05) is 41.0 Å². The highest BCUT2D eigenvalue weighted by Crippen LogP contribution is 2.29. The number of nitrogens with zero attached hydrogens (tertiary/aromatic N) is 9. The highest BCUT2D eigenvalue weighted by Gasteiger charge is 2.42. The number of amides is 6. The van der Waals surface area contributed by atoms with Gasteiger partial charge in [0.05, 0.1) is 77.4 Å². The molecule has 33 heteroatoms. The summed E-state index contributed by atoms with van der Waals surface area (Å²) in [6, 6.07) is 0. The Kier molecular flexibility index (Phi) is 50.4. The van der Waals surface area contributed by atoms with Crippen LogP contribution in [0.25, 0.3) is 24.2 Å². The average molecular weight is 1160 g/mol. The zero-order valence-electron chi connectivity index (χ0n) is 45.9. The number of nitrogens with one attached hydrogen (secondary N) is 4. The number of azo groups is 2. The van der Waals surface area contributed by atoms with Crippen LogP contribution in [0.3, 0.4) is 0 Å². The number of carbonyl (C=O) groups is 11. The number of esters is 3. The summed E-state index contributed by atoms with van der Waals surface area (Å²) >= 11 is 0. The predicted octanol–water partition coefficient (Wildman–Crippen LogP) is 3.18. The summed E-state index contributed by atoms with van der Waals surface area (Å²) in [6.07, 6.45) is 3.89. The number of rotatable bonds is 36. The highest BCUT2D eigenvalue weighted by molar-refractivity contribution is 5.85. The molecule has 0 aliphatic rings. The van der Waals surface area contributed by atoms with Crippen LogP contribution in [-0.2, 0) is 76.7 Å². The van der Waals surface area contributed by atoms with Gasteiger partial charge in [-0.3, -0.25) is 62.5 Å². The predicted molar refractivity (Wildman–Crippen MR) is 287 cm³/mol. The second kappa shape index (κ2) is 49.5. The van der Waals surface area contributed by atoms with Gasteiger partial charge in [0.15, 0.2) is 0 Å². The molecule has 10 N–H and O–H groups in total. The molecule has 6 amide bonds. The molecular weight excluding hydrogens is 1090 g/mol. The smallest absolute Gasteiger partial charge is 0.342 e. The van der Waals surface area contributed by atoms with Gasteiger partial charge < -0.3 is 61.6 Å². The zero-order valence-corrected chi connectivity index (χ0v) is 45.9. The van der Waals surface area contributed by atoms with Crippen molar-refractivity contribution in [3.05, 3.63) is 82.5 Å². The molecule has 0 spiro atoms. The fraction of sp³-hybridized carbons (Fsp3) is 0.592. The molecule has 0 aromatic heterocycles. The molecule has 6 unspecified atom stereocenters. The molecule has 0 aliphatic heterocycles. The van der Waals surface area contributed by atoms with Crippen LogP contribution in [0.15, 0.2) is 45.9 Å². The monoisotopic (exact) mass is 1160 g/mol. The first kappa shape index (κ1) is 83.5. The summed E-state index contributed by atoms with van der Waals surface area (Å²) < 4.78 is 14.7. The van der Waals surface area contributed by atoms with E-state index in [1.54, 1.807) is 13.8 Å². The molecule has 0 aliphatic carbocycles. The van der Waals surface area contributed by atoms with Crippen LogP contribution in [-0.4, -0.2) is 145 Å². The molecule has 0 rings (SSSR count). The van der Waals surface area contributed by atoms with E-state index in [0.29, 0.717) is 25.6 Å². The number of hydrogen-bond donors (Lipinski definition) is 8. The summed E-state index contributed by atoms with van der Waals surface area (Å²) in [5, 5.41) is 41.0. The maximum absolute atomic E-state index is 11.7. The first-order valence-electron chi connectivity index (χ1n) is 23.5. The maximum Gasteiger partial charge on any atom is 0.342 e. The van der Waals surface area contributed by atoms with E-state index in [0.717, 1.165) is 6.08 Å². The minimum absolute atomic E-state index is 0. The molecule has 0 saturated carbocycles. The second-order valence-corrected chi connectivity index (χ2v) is 16.7. The van der Waals surface area contributed by atoms with Gasteiger partial charge in [-0.2, -0.15) is 10.5 Å². The van der Waals surface area contributed by atoms with Gasteiger partial charge in [0.1, 0.15) is 25.7 Å². The van der Waals surface area contributed by atoms with Gasteiger partial charge in [0.25, 0.3) is 0 Å². The second-order valence-electron chi connectivity index (χ2n) is 16.7. The fourth-order valence-electron chi connectivity index (χ4n) is 4.53. The van der Waals surface area contributed by atoms with Crippen molar-refractivity contribution in [1.29, 1.82) is 0 Å². The minimum Gasteiger partial charge on any atom is -0.464 e. The number of hydrogen-bond acceptors (Lipinski definition) is 22. The molecular formula is C49H75N15O18. The van der Waals surface area contributed by atoms with E-state index in [1.807, 2.05) is 0 Å². The average Bonchev–Trinajstić information content (AvgIpc) is 3.48. The van der Waals surface area contributed by atoms with Crippen LogP contribution in [0.2, 0.25) is 0 Å². The van der Waals surface area contributed by atoms with Gasteiger partial charge >= 0.3 is 52.5 Å². The molecule has 0 aromatic rings. The third kappa shape index (κ3) is 46.3. The Morgan fingerprint density at radius 3 is 0.976 bits per heavy atom. The van der Waals surface area contributed by atoms with Crippen LogP contribution in [0.4, 0.5) is 0 Å².